The van der Waals surface area contributed by atoms with Crippen molar-refractivity contribution >= 4 is 17.5 Å². The number of hydrogen-bond donors (Lipinski definition) is 4. The van der Waals surface area contributed by atoms with E-state index in [2.05, 4.69) is 18.3 Å². The van der Waals surface area contributed by atoms with Crippen molar-refractivity contribution in [3.8, 4) is 5.75 Å². The Bertz CT molecular complexity index is 906. The lowest BCUT2D eigenvalue weighted by molar-refractivity contribution is -0.129. The number of nitrogens with zero attached hydrogens (tertiary/aromatic N) is 2. The second-order valence-electron chi connectivity index (χ2n) is 9.86. The Morgan fingerprint density at radius 2 is 1.89 bits per heavy atom. The van der Waals surface area contributed by atoms with Crippen molar-refractivity contribution in [2.45, 2.75) is 91.1 Å². The third-order valence-electron chi connectivity index (χ3n) is 6.89. The number of carbonyl (C=O) groups excluding carboxylic acids is 1. The Hall–Kier alpha value is -2.22. The molecule has 2 saturated carbocycles. The molecule has 7 nitrogen and oxygen atoms in total. The zero-order valence-corrected chi connectivity index (χ0v) is 23.7. The number of aliphatic hydroxyl groups is 1. The van der Waals surface area contributed by atoms with Gasteiger partial charge in [-0.3, -0.25) is 10.1 Å². The summed E-state index contributed by atoms with van der Waals surface area (Å²) in [5, 5.41) is 23.1. The number of phenolic OH excluding ortho intramolecular Hbond substituents is 1. The van der Waals surface area contributed by atoms with Gasteiger partial charge in [-0.2, -0.15) is 0 Å². The maximum absolute atomic E-state index is 13.5. The molecule has 0 unspecified atom stereocenters. The molecule has 0 aromatic heterocycles. The summed E-state index contributed by atoms with van der Waals surface area (Å²) in [4.78, 5) is 17.1. The molecule has 0 bridgehead atoms. The zero-order valence-electron chi connectivity index (χ0n) is 22.9. The Labute approximate surface area is 228 Å². The molecular formula is C29H47ClN4O3. The van der Waals surface area contributed by atoms with Crippen molar-refractivity contribution in [3.05, 3.63) is 51.8 Å². The number of halogens is 1. The average molecular weight is 535 g/mol. The van der Waals surface area contributed by atoms with Crippen LogP contribution in [0.4, 0.5) is 0 Å². The number of nitrogens with two attached hydrogens (primary N) is 1. The highest BCUT2D eigenvalue weighted by Crippen LogP contribution is 2.27. The highest BCUT2D eigenvalue weighted by molar-refractivity contribution is 6.32. The molecule has 2 aliphatic carbocycles. The molecule has 1 aromatic carbocycles. The summed E-state index contributed by atoms with van der Waals surface area (Å²) in [6, 6.07) is 5.50. The van der Waals surface area contributed by atoms with Gasteiger partial charge in [0, 0.05) is 31.4 Å². The van der Waals surface area contributed by atoms with E-state index in [-0.39, 0.29) is 29.8 Å². The number of aromatic hydroxyl groups is 1. The van der Waals surface area contributed by atoms with Crippen molar-refractivity contribution in [3.63, 3.8) is 0 Å². The first kappa shape index (κ1) is 31.0. The van der Waals surface area contributed by atoms with Gasteiger partial charge in [0.15, 0.2) is 0 Å². The van der Waals surface area contributed by atoms with Gasteiger partial charge in [-0.05, 0) is 63.6 Å². The maximum atomic E-state index is 13.5. The number of nitrogens with one attached hydrogen (secondary N) is 1. The normalized spacial score (nSPS) is 15.9. The number of allylic oxidation sites excluding steroid dienone is 3. The van der Waals surface area contributed by atoms with Crippen LogP contribution in [0.5, 0.6) is 5.75 Å². The van der Waals surface area contributed by atoms with E-state index in [0.29, 0.717) is 43.6 Å². The minimum atomic E-state index is -0.178. The highest BCUT2D eigenvalue weighted by atomic mass is 35.5. The van der Waals surface area contributed by atoms with Crippen LogP contribution in [0.1, 0.15) is 84.1 Å². The molecule has 0 atom stereocenters. The number of amides is 1. The number of aliphatic hydroxyl groups excluding tert-OH is 1. The fourth-order valence-corrected chi connectivity index (χ4v) is 4.73. The van der Waals surface area contributed by atoms with E-state index in [1.54, 1.807) is 28.7 Å². The summed E-state index contributed by atoms with van der Waals surface area (Å²) < 4.78 is 0. The smallest absolute Gasteiger partial charge is 0.272 e. The van der Waals surface area contributed by atoms with Gasteiger partial charge in [-0.1, -0.05) is 61.9 Å². The molecule has 1 amide bonds. The van der Waals surface area contributed by atoms with E-state index in [4.69, 9.17) is 17.3 Å². The number of carbonyl (C=O) groups is 1. The summed E-state index contributed by atoms with van der Waals surface area (Å²) in [5.41, 5.74) is 9.99. The summed E-state index contributed by atoms with van der Waals surface area (Å²) in [6.07, 6.45) is 12.3. The third-order valence-corrected chi connectivity index (χ3v) is 7.19. The highest BCUT2D eigenvalue weighted by Gasteiger charge is 2.26. The Morgan fingerprint density at radius 3 is 2.41 bits per heavy atom. The van der Waals surface area contributed by atoms with Crippen molar-refractivity contribution in [2.75, 3.05) is 26.4 Å². The minimum absolute atomic E-state index is 0.0275. The second kappa shape index (κ2) is 16.6. The van der Waals surface area contributed by atoms with E-state index >= 15 is 0 Å². The lowest BCUT2D eigenvalue weighted by Gasteiger charge is -2.34. The van der Waals surface area contributed by atoms with E-state index in [9.17, 15) is 15.0 Å². The molecule has 8 heteroatoms. The topological polar surface area (TPSA) is 102 Å². The number of hydrogen-bond acceptors (Lipinski definition) is 6. The lowest BCUT2D eigenvalue weighted by atomic mass is 9.96. The number of phenols is 1. The summed E-state index contributed by atoms with van der Waals surface area (Å²) in [5.74, 6) is -0.150. The SMILES string of the molecule is CC=C1CC1.CCC/C(N)=C(\C(=O)N(CC)CCO)N(CNC1CCCCC1)Cc1ccc(O)c(Cl)c1. The van der Waals surface area contributed by atoms with Gasteiger partial charge in [0.05, 0.1) is 18.3 Å². The monoisotopic (exact) mass is 534 g/mol. The standard InChI is InChI=1S/C24H39ClN4O3.C5H8/c1-3-8-21(26)23(24(32)28(4-2)13-14-30)29(17-27-19-9-6-5-7-10-19)16-18-11-12-22(31)20(25)15-18;1-2-5-3-4-5/h11-12,15,19,27,30-31H,3-10,13-14,16-17,26H2,1-2H3;2H,3-4H2,1H3/b23-21-;. The fraction of sp³-hybridized carbons (Fsp3) is 0.621. The van der Waals surface area contributed by atoms with Gasteiger partial charge in [-0.25, -0.2) is 0 Å². The van der Waals surface area contributed by atoms with Crippen LogP contribution < -0.4 is 11.1 Å². The van der Waals surface area contributed by atoms with Gasteiger partial charge in [0.2, 0.25) is 0 Å². The molecule has 208 valence electrons. The molecule has 5 N–H and O–H groups in total. The van der Waals surface area contributed by atoms with Gasteiger partial charge in [0.25, 0.3) is 5.91 Å². The Morgan fingerprint density at radius 1 is 1.19 bits per heavy atom. The van der Waals surface area contributed by atoms with E-state index in [0.717, 1.165) is 24.8 Å². The van der Waals surface area contributed by atoms with Crippen molar-refractivity contribution in [1.82, 2.24) is 15.1 Å². The van der Waals surface area contributed by atoms with Crippen LogP contribution in [0.3, 0.4) is 0 Å². The molecule has 2 fully saturated rings. The van der Waals surface area contributed by atoms with E-state index < -0.39 is 0 Å². The van der Waals surface area contributed by atoms with Crippen LogP contribution in [0.25, 0.3) is 0 Å². The molecule has 3 rings (SSSR count). The fourth-order valence-electron chi connectivity index (χ4n) is 4.53. The predicted octanol–water partition coefficient (Wildman–Crippen LogP) is 5.27. The Kier molecular flexibility index (Phi) is 13.9. The van der Waals surface area contributed by atoms with Gasteiger partial charge >= 0.3 is 0 Å². The third kappa shape index (κ3) is 10.6. The van der Waals surface area contributed by atoms with Crippen molar-refractivity contribution in [1.29, 1.82) is 0 Å². The maximum Gasteiger partial charge on any atom is 0.272 e. The van der Waals surface area contributed by atoms with Crippen LogP contribution in [-0.4, -0.2) is 58.3 Å². The first-order valence-electron chi connectivity index (χ1n) is 13.8. The molecule has 0 aliphatic heterocycles. The number of benzene rings is 1. The van der Waals surface area contributed by atoms with E-state index in [1.165, 1.54) is 32.1 Å². The van der Waals surface area contributed by atoms with Crippen LogP contribution in [0.15, 0.2) is 41.2 Å². The van der Waals surface area contributed by atoms with Crippen LogP contribution in [0.2, 0.25) is 5.02 Å². The molecule has 0 spiro atoms. The first-order valence-corrected chi connectivity index (χ1v) is 14.2. The minimum Gasteiger partial charge on any atom is -0.506 e. The van der Waals surface area contributed by atoms with Crippen molar-refractivity contribution in [2.24, 2.45) is 5.73 Å². The molecular weight excluding hydrogens is 488 g/mol. The quantitative estimate of drug-likeness (QED) is 0.166. The number of likely N-dealkylation sites (N-methyl/N-ethyl adjacent to an activating group) is 1. The molecule has 0 radical (unpaired) electrons. The summed E-state index contributed by atoms with van der Waals surface area (Å²) in [7, 11) is 0. The van der Waals surface area contributed by atoms with Crippen LogP contribution in [-0.2, 0) is 11.3 Å². The average Bonchev–Trinajstić information content (AvgIpc) is 3.74. The van der Waals surface area contributed by atoms with Crippen molar-refractivity contribution < 1.29 is 15.0 Å². The van der Waals surface area contributed by atoms with Crippen LogP contribution >= 0.6 is 11.6 Å². The molecule has 1 aromatic rings. The van der Waals surface area contributed by atoms with Gasteiger partial charge in [0.1, 0.15) is 11.4 Å². The predicted molar refractivity (Wildman–Crippen MR) is 152 cm³/mol. The molecule has 2 aliphatic rings. The summed E-state index contributed by atoms with van der Waals surface area (Å²) >= 11 is 6.14. The molecule has 0 saturated heterocycles. The summed E-state index contributed by atoms with van der Waals surface area (Å²) in [6.45, 7) is 7.56. The first-order chi connectivity index (χ1) is 17.8. The molecule has 0 heterocycles. The zero-order chi connectivity index (χ0) is 27.2. The largest absolute Gasteiger partial charge is 0.506 e. The number of rotatable bonds is 12. The second-order valence-corrected chi connectivity index (χ2v) is 10.3. The van der Waals surface area contributed by atoms with Gasteiger partial charge < -0.3 is 25.7 Å². The Balaban J connectivity index is 0.000000856. The van der Waals surface area contributed by atoms with Crippen LogP contribution in [0, 0.1) is 0 Å². The molecule has 37 heavy (non-hydrogen) atoms. The van der Waals surface area contributed by atoms with E-state index in [1.807, 2.05) is 18.7 Å². The lowest BCUT2D eigenvalue weighted by Crippen LogP contribution is -2.46. The van der Waals surface area contributed by atoms with Gasteiger partial charge in [-0.15, -0.1) is 0 Å².